The van der Waals surface area contributed by atoms with Gasteiger partial charge in [-0.25, -0.2) is 4.79 Å². The normalized spacial score (nSPS) is 10.4. The summed E-state index contributed by atoms with van der Waals surface area (Å²) in [5, 5.41) is 13.8. The average Bonchev–Trinajstić information content (AvgIpc) is 2.55. The lowest BCUT2D eigenvalue weighted by atomic mass is 10.1. The Balaban J connectivity index is 2.15. The minimum atomic E-state index is -1.23. The molecule has 0 heterocycles. The first kappa shape index (κ1) is 17.0. The van der Waals surface area contributed by atoms with E-state index < -0.39 is 11.9 Å². The molecule has 0 aliphatic carbocycles. The second-order valence-electron chi connectivity index (χ2n) is 5.03. The molecule has 2 amide bonds. The van der Waals surface area contributed by atoms with Gasteiger partial charge in [0.25, 0.3) is 5.91 Å². The highest BCUT2D eigenvalue weighted by atomic mass is 16.4. The van der Waals surface area contributed by atoms with Crippen LogP contribution in [-0.4, -0.2) is 22.9 Å². The molecule has 24 heavy (non-hydrogen) atoms. The molecule has 2 aromatic carbocycles. The third kappa shape index (κ3) is 4.81. The van der Waals surface area contributed by atoms with Gasteiger partial charge >= 0.3 is 5.97 Å². The van der Waals surface area contributed by atoms with E-state index in [4.69, 9.17) is 5.11 Å². The summed E-state index contributed by atoms with van der Waals surface area (Å²) in [6, 6.07) is 13.8. The van der Waals surface area contributed by atoms with Crippen molar-refractivity contribution in [2.24, 2.45) is 0 Å². The van der Waals surface area contributed by atoms with Crippen molar-refractivity contribution in [2.45, 2.75) is 6.92 Å². The van der Waals surface area contributed by atoms with Gasteiger partial charge in [-0.2, -0.15) is 0 Å². The van der Waals surface area contributed by atoms with Crippen molar-refractivity contribution >= 4 is 29.2 Å². The van der Waals surface area contributed by atoms with Crippen LogP contribution < -0.4 is 10.6 Å². The van der Waals surface area contributed by atoms with Crippen molar-refractivity contribution in [1.82, 2.24) is 0 Å². The Morgan fingerprint density at radius 2 is 1.58 bits per heavy atom. The van der Waals surface area contributed by atoms with Gasteiger partial charge in [0.15, 0.2) is 0 Å². The molecular weight excluding hydrogens is 308 g/mol. The summed E-state index contributed by atoms with van der Waals surface area (Å²) < 4.78 is 0. The highest BCUT2D eigenvalue weighted by molar-refractivity contribution is 6.11. The summed E-state index contributed by atoms with van der Waals surface area (Å²) in [7, 11) is 0. The van der Waals surface area contributed by atoms with Crippen molar-refractivity contribution in [2.75, 3.05) is 10.6 Å². The van der Waals surface area contributed by atoms with E-state index in [9.17, 15) is 14.4 Å². The zero-order valence-corrected chi connectivity index (χ0v) is 12.9. The largest absolute Gasteiger partial charge is 0.478 e. The molecule has 0 aliphatic rings. The summed E-state index contributed by atoms with van der Waals surface area (Å²) in [5.74, 6) is -2.24. The van der Waals surface area contributed by atoms with Gasteiger partial charge in [-0.3, -0.25) is 9.59 Å². The Morgan fingerprint density at radius 3 is 2.25 bits per heavy atom. The number of benzene rings is 2. The van der Waals surface area contributed by atoms with E-state index in [1.54, 1.807) is 36.4 Å². The standard InChI is InChI=1S/C18H16N2O4/c1-12-6-8-13(9-7-12)19-18(24)14-4-2-3-5-15(14)20-16(21)10-11-17(22)23/h2-11H,1H3,(H,19,24)(H,20,21)(H,22,23)/b11-10-. The molecule has 0 fully saturated rings. The fourth-order valence-electron chi connectivity index (χ4n) is 1.95. The summed E-state index contributed by atoms with van der Waals surface area (Å²) in [5.41, 5.74) is 2.28. The topological polar surface area (TPSA) is 95.5 Å². The van der Waals surface area contributed by atoms with Gasteiger partial charge in [-0.05, 0) is 31.2 Å². The number of carbonyl (C=O) groups excluding carboxylic acids is 2. The van der Waals surface area contributed by atoms with E-state index in [2.05, 4.69) is 10.6 Å². The first-order valence-electron chi connectivity index (χ1n) is 7.15. The number of para-hydroxylation sites is 1. The molecule has 0 spiro atoms. The average molecular weight is 324 g/mol. The summed E-state index contributed by atoms with van der Waals surface area (Å²) >= 11 is 0. The third-order valence-corrected chi connectivity index (χ3v) is 3.12. The Kier molecular flexibility index (Phi) is 5.46. The number of hydrogen-bond acceptors (Lipinski definition) is 3. The first-order valence-corrected chi connectivity index (χ1v) is 7.15. The maximum atomic E-state index is 12.4. The van der Waals surface area contributed by atoms with E-state index in [0.29, 0.717) is 11.4 Å². The summed E-state index contributed by atoms with van der Waals surface area (Å²) in [4.78, 5) is 34.5. The maximum absolute atomic E-state index is 12.4. The fraction of sp³-hybridized carbons (Fsp3) is 0.0556. The van der Waals surface area contributed by atoms with E-state index in [0.717, 1.165) is 17.7 Å². The number of amides is 2. The number of carboxylic acid groups (broad SMARTS) is 1. The third-order valence-electron chi connectivity index (χ3n) is 3.12. The molecule has 0 saturated carbocycles. The number of carboxylic acids is 1. The molecule has 6 heteroatoms. The Bertz CT molecular complexity index is 795. The number of rotatable bonds is 5. The highest BCUT2D eigenvalue weighted by Gasteiger charge is 2.12. The predicted molar refractivity (Wildman–Crippen MR) is 91.0 cm³/mol. The molecular formula is C18H16N2O4. The Hall–Kier alpha value is -3.41. The van der Waals surface area contributed by atoms with Crippen LogP contribution in [0.4, 0.5) is 11.4 Å². The van der Waals surface area contributed by atoms with Crippen LogP contribution in [0.25, 0.3) is 0 Å². The first-order chi connectivity index (χ1) is 11.5. The zero-order valence-electron chi connectivity index (χ0n) is 12.9. The molecule has 3 N–H and O–H groups in total. The number of aliphatic carboxylic acids is 1. The number of carbonyl (C=O) groups is 3. The molecule has 2 rings (SSSR count). The SMILES string of the molecule is Cc1ccc(NC(=O)c2ccccc2NC(=O)/C=C\C(=O)O)cc1. The lowest BCUT2D eigenvalue weighted by Gasteiger charge is -2.10. The zero-order chi connectivity index (χ0) is 17.5. The van der Waals surface area contributed by atoms with Gasteiger partial charge in [0.1, 0.15) is 0 Å². The van der Waals surface area contributed by atoms with Crippen LogP contribution in [0.5, 0.6) is 0 Å². The van der Waals surface area contributed by atoms with Gasteiger partial charge in [-0.15, -0.1) is 0 Å². The summed E-state index contributed by atoms with van der Waals surface area (Å²) in [6.07, 6.45) is 1.61. The second-order valence-corrected chi connectivity index (χ2v) is 5.03. The second kappa shape index (κ2) is 7.73. The lowest BCUT2D eigenvalue weighted by molar-refractivity contribution is -0.131. The molecule has 0 saturated heterocycles. The Labute approximate surface area is 138 Å². The number of hydrogen-bond donors (Lipinski definition) is 3. The molecule has 0 aromatic heterocycles. The van der Waals surface area contributed by atoms with E-state index >= 15 is 0 Å². The lowest BCUT2D eigenvalue weighted by Crippen LogP contribution is -2.17. The predicted octanol–water partition coefficient (Wildman–Crippen LogP) is 2.83. The molecule has 0 radical (unpaired) electrons. The van der Waals surface area contributed by atoms with Gasteiger partial charge in [-0.1, -0.05) is 29.8 Å². The van der Waals surface area contributed by atoms with Crippen LogP contribution >= 0.6 is 0 Å². The minimum Gasteiger partial charge on any atom is -0.478 e. The van der Waals surface area contributed by atoms with Crippen LogP contribution in [0.1, 0.15) is 15.9 Å². The van der Waals surface area contributed by atoms with Crippen molar-refractivity contribution < 1.29 is 19.5 Å². The van der Waals surface area contributed by atoms with Crippen molar-refractivity contribution in [3.8, 4) is 0 Å². The molecule has 0 bridgehead atoms. The van der Waals surface area contributed by atoms with Crippen molar-refractivity contribution in [1.29, 1.82) is 0 Å². The van der Waals surface area contributed by atoms with E-state index in [1.807, 2.05) is 19.1 Å². The molecule has 6 nitrogen and oxygen atoms in total. The van der Waals surface area contributed by atoms with Gasteiger partial charge < -0.3 is 15.7 Å². The molecule has 122 valence electrons. The molecule has 0 aliphatic heterocycles. The smallest absolute Gasteiger partial charge is 0.328 e. The molecule has 0 atom stereocenters. The van der Waals surface area contributed by atoms with Crippen molar-refractivity contribution in [3.05, 3.63) is 71.8 Å². The minimum absolute atomic E-state index is 0.273. The number of aryl methyl sites for hydroxylation is 1. The van der Waals surface area contributed by atoms with E-state index in [-0.39, 0.29) is 11.5 Å². The van der Waals surface area contributed by atoms with Crippen LogP contribution in [0.15, 0.2) is 60.7 Å². The monoisotopic (exact) mass is 324 g/mol. The number of nitrogens with one attached hydrogen (secondary N) is 2. The number of anilines is 2. The molecule has 0 unspecified atom stereocenters. The van der Waals surface area contributed by atoms with Crippen molar-refractivity contribution in [3.63, 3.8) is 0 Å². The maximum Gasteiger partial charge on any atom is 0.328 e. The summed E-state index contributed by atoms with van der Waals surface area (Å²) in [6.45, 7) is 1.95. The van der Waals surface area contributed by atoms with Gasteiger partial charge in [0.05, 0.1) is 11.3 Å². The highest BCUT2D eigenvalue weighted by Crippen LogP contribution is 2.18. The molecule has 2 aromatic rings. The quantitative estimate of drug-likeness (QED) is 0.737. The van der Waals surface area contributed by atoms with Crippen LogP contribution in [0.2, 0.25) is 0 Å². The van der Waals surface area contributed by atoms with Crippen LogP contribution in [-0.2, 0) is 9.59 Å². The van der Waals surface area contributed by atoms with Gasteiger partial charge in [0, 0.05) is 17.8 Å². The van der Waals surface area contributed by atoms with E-state index in [1.165, 1.54) is 0 Å². The van der Waals surface area contributed by atoms with Gasteiger partial charge in [0.2, 0.25) is 5.91 Å². The Morgan fingerprint density at radius 1 is 0.917 bits per heavy atom. The fourth-order valence-corrected chi connectivity index (χ4v) is 1.95. The van der Waals surface area contributed by atoms with Crippen LogP contribution in [0, 0.1) is 6.92 Å². The van der Waals surface area contributed by atoms with Crippen LogP contribution in [0.3, 0.4) is 0 Å².